The highest BCUT2D eigenvalue weighted by atomic mass is 16.6. The van der Waals surface area contributed by atoms with E-state index in [1.165, 1.54) is 14.0 Å². The minimum Gasteiger partial charge on any atom is -0.466 e. The van der Waals surface area contributed by atoms with Gasteiger partial charge < -0.3 is 9.57 Å². The highest BCUT2D eigenvalue weighted by Crippen LogP contribution is 1.81. The fraction of sp³-hybridized carbons (Fsp3) is 0.500. The van der Waals surface area contributed by atoms with Gasteiger partial charge >= 0.3 is 5.97 Å². The van der Waals surface area contributed by atoms with Gasteiger partial charge in [0.2, 0.25) is 6.61 Å². The number of hydrogen-bond donors (Lipinski definition) is 0. The quantitative estimate of drug-likeness (QED) is 0.329. The molecule has 0 N–H and O–H groups in total. The Bertz CT molecular complexity index is 204. The third-order valence-electron chi connectivity index (χ3n) is 0.773. The molecule has 0 amide bonds. The summed E-state index contributed by atoms with van der Waals surface area (Å²) < 4.78 is 4.25. The van der Waals surface area contributed by atoms with Gasteiger partial charge in [-0.2, -0.15) is 5.26 Å². The molecule has 0 rings (SSSR count). The lowest BCUT2D eigenvalue weighted by atomic mass is 10.5. The van der Waals surface area contributed by atoms with Gasteiger partial charge in [0.15, 0.2) is 5.71 Å². The van der Waals surface area contributed by atoms with Crippen LogP contribution in [0.1, 0.15) is 6.92 Å². The predicted molar refractivity (Wildman–Crippen MR) is 36.7 cm³/mol. The van der Waals surface area contributed by atoms with E-state index in [2.05, 4.69) is 14.7 Å². The molecule has 0 aromatic rings. The summed E-state index contributed by atoms with van der Waals surface area (Å²) in [5, 5.41) is 11.5. The molecule has 0 aliphatic carbocycles. The molecule has 0 fully saturated rings. The second-order valence-electron chi connectivity index (χ2n) is 1.64. The fourth-order valence-electron chi connectivity index (χ4n) is 0.261. The summed E-state index contributed by atoms with van der Waals surface area (Å²) in [4.78, 5) is 14.8. The summed E-state index contributed by atoms with van der Waals surface area (Å²) in [5.74, 6) is -0.528. The Labute approximate surface area is 64.2 Å². The Morgan fingerprint density at radius 3 is 2.82 bits per heavy atom. The summed E-state index contributed by atoms with van der Waals surface area (Å²) in [6, 6.07) is 1.73. The molecule has 0 aromatic carbocycles. The summed E-state index contributed by atoms with van der Waals surface area (Å²) in [6.07, 6.45) is 0. The number of esters is 1. The third kappa shape index (κ3) is 4.90. The van der Waals surface area contributed by atoms with E-state index in [1.807, 2.05) is 0 Å². The molecule has 0 unspecified atom stereocenters. The van der Waals surface area contributed by atoms with Crippen molar-refractivity contribution in [3.63, 3.8) is 0 Å². The van der Waals surface area contributed by atoms with Gasteiger partial charge in [-0.25, -0.2) is 4.79 Å². The molecule has 0 saturated heterocycles. The molecule has 0 spiro atoms. The standard InChI is InChI=1S/C6H8N2O3/c1-5(3-7)8-11-4-6(9)10-2/h4H2,1-2H3. The van der Waals surface area contributed by atoms with E-state index in [1.54, 1.807) is 6.07 Å². The van der Waals surface area contributed by atoms with Gasteiger partial charge in [-0.05, 0) is 6.92 Å². The van der Waals surface area contributed by atoms with Crippen molar-refractivity contribution in [2.75, 3.05) is 13.7 Å². The SMILES string of the molecule is COC(=O)CON=C(C)C#N. The highest BCUT2D eigenvalue weighted by Gasteiger charge is 1.98. The number of ether oxygens (including phenoxy) is 1. The highest BCUT2D eigenvalue weighted by molar-refractivity contribution is 5.95. The molecule has 60 valence electrons. The number of oxime groups is 1. The predicted octanol–water partition coefficient (Wildman–Crippen LogP) is 0.0755. The number of hydrogen-bond acceptors (Lipinski definition) is 5. The molecule has 0 atom stereocenters. The number of carbonyl (C=O) groups excluding carboxylic acids is 1. The zero-order chi connectivity index (χ0) is 8.69. The Hall–Kier alpha value is -1.57. The zero-order valence-electron chi connectivity index (χ0n) is 6.33. The van der Waals surface area contributed by atoms with Crippen molar-refractivity contribution in [1.29, 1.82) is 5.26 Å². The molecule has 0 aromatic heterocycles. The molecule has 0 saturated carbocycles. The average Bonchev–Trinajstić information content (AvgIpc) is 2.04. The Balaban J connectivity index is 3.58. The van der Waals surface area contributed by atoms with Gasteiger partial charge in [-0.15, -0.1) is 0 Å². The summed E-state index contributed by atoms with van der Waals surface area (Å²) in [5.41, 5.74) is 0.161. The minimum absolute atomic E-state index is 0.161. The maximum Gasteiger partial charge on any atom is 0.346 e. The van der Waals surface area contributed by atoms with Crippen LogP contribution in [0.25, 0.3) is 0 Å². The molecule has 0 aliphatic rings. The van der Waals surface area contributed by atoms with Gasteiger partial charge in [0, 0.05) is 0 Å². The van der Waals surface area contributed by atoms with Gasteiger partial charge in [0.25, 0.3) is 0 Å². The normalized spacial score (nSPS) is 10.1. The van der Waals surface area contributed by atoms with Crippen molar-refractivity contribution >= 4 is 11.7 Å². The van der Waals surface area contributed by atoms with Crippen LogP contribution in [0.5, 0.6) is 0 Å². The lowest BCUT2D eigenvalue weighted by Crippen LogP contribution is -2.08. The van der Waals surface area contributed by atoms with E-state index < -0.39 is 5.97 Å². The van der Waals surface area contributed by atoms with Crippen LogP contribution in [0.2, 0.25) is 0 Å². The van der Waals surface area contributed by atoms with E-state index >= 15 is 0 Å². The molecular formula is C6H8N2O3. The van der Waals surface area contributed by atoms with Gasteiger partial charge in [-0.3, -0.25) is 0 Å². The molecule has 0 heterocycles. The third-order valence-corrected chi connectivity index (χ3v) is 0.773. The van der Waals surface area contributed by atoms with Crippen molar-refractivity contribution in [1.82, 2.24) is 0 Å². The number of methoxy groups -OCH3 is 1. The van der Waals surface area contributed by atoms with Crippen LogP contribution >= 0.6 is 0 Å². The van der Waals surface area contributed by atoms with Gasteiger partial charge in [0.1, 0.15) is 6.07 Å². The van der Waals surface area contributed by atoms with Crippen LogP contribution in [-0.4, -0.2) is 25.4 Å². The first-order chi connectivity index (χ1) is 5.20. The number of carbonyl (C=O) groups is 1. The van der Waals surface area contributed by atoms with E-state index in [-0.39, 0.29) is 12.3 Å². The summed E-state index contributed by atoms with van der Waals surface area (Å²) in [7, 11) is 1.24. The molecule has 0 bridgehead atoms. The average molecular weight is 156 g/mol. The van der Waals surface area contributed by atoms with Crippen molar-refractivity contribution in [2.24, 2.45) is 5.16 Å². The first kappa shape index (κ1) is 9.43. The fourth-order valence-corrected chi connectivity index (χ4v) is 0.261. The van der Waals surface area contributed by atoms with Crippen molar-refractivity contribution in [3.05, 3.63) is 0 Å². The van der Waals surface area contributed by atoms with E-state index in [0.717, 1.165) is 0 Å². The maximum absolute atomic E-state index is 10.4. The Morgan fingerprint density at radius 2 is 2.36 bits per heavy atom. The van der Waals surface area contributed by atoms with Gasteiger partial charge in [-0.1, -0.05) is 5.16 Å². The van der Waals surface area contributed by atoms with Crippen molar-refractivity contribution in [2.45, 2.75) is 6.92 Å². The lowest BCUT2D eigenvalue weighted by Gasteiger charge is -1.95. The first-order valence-corrected chi connectivity index (χ1v) is 2.84. The smallest absolute Gasteiger partial charge is 0.346 e. The van der Waals surface area contributed by atoms with Crippen LogP contribution in [0.3, 0.4) is 0 Å². The summed E-state index contributed by atoms with van der Waals surface area (Å²) >= 11 is 0. The second kappa shape index (κ2) is 5.23. The molecule has 5 heteroatoms. The van der Waals surface area contributed by atoms with Crippen molar-refractivity contribution in [3.8, 4) is 6.07 Å². The van der Waals surface area contributed by atoms with E-state index in [4.69, 9.17) is 5.26 Å². The molecular weight excluding hydrogens is 148 g/mol. The van der Waals surface area contributed by atoms with Crippen LogP contribution < -0.4 is 0 Å². The van der Waals surface area contributed by atoms with Crippen LogP contribution in [0, 0.1) is 11.3 Å². The Kier molecular flexibility index (Phi) is 4.49. The topological polar surface area (TPSA) is 71.7 Å². The number of nitriles is 1. The molecule has 5 nitrogen and oxygen atoms in total. The maximum atomic E-state index is 10.4. The van der Waals surface area contributed by atoms with Crippen LogP contribution in [-0.2, 0) is 14.4 Å². The number of rotatable bonds is 3. The summed E-state index contributed by atoms with van der Waals surface area (Å²) in [6.45, 7) is 1.20. The minimum atomic E-state index is -0.528. The Morgan fingerprint density at radius 1 is 1.73 bits per heavy atom. The molecule has 11 heavy (non-hydrogen) atoms. The van der Waals surface area contributed by atoms with Crippen LogP contribution in [0.15, 0.2) is 5.16 Å². The second-order valence-corrected chi connectivity index (χ2v) is 1.64. The van der Waals surface area contributed by atoms with E-state index in [9.17, 15) is 4.79 Å². The largest absolute Gasteiger partial charge is 0.466 e. The van der Waals surface area contributed by atoms with Gasteiger partial charge in [0.05, 0.1) is 7.11 Å². The number of nitrogens with zero attached hydrogens (tertiary/aromatic N) is 2. The zero-order valence-corrected chi connectivity index (χ0v) is 6.33. The van der Waals surface area contributed by atoms with E-state index in [0.29, 0.717) is 0 Å². The monoisotopic (exact) mass is 156 g/mol. The van der Waals surface area contributed by atoms with Crippen molar-refractivity contribution < 1.29 is 14.4 Å². The molecule has 0 aliphatic heterocycles. The lowest BCUT2D eigenvalue weighted by molar-refractivity contribution is -0.145. The van der Waals surface area contributed by atoms with Crippen LogP contribution in [0.4, 0.5) is 0 Å². The first-order valence-electron chi connectivity index (χ1n) is 2.84. The molecule has 0 radical (unpaired) electrons.